The Morgan fingerprint density at radius 1 is 0.692 bits per heavy atom. The van der Waals surface area contributed by atoms with Crippen LogP contribution in [0.2, 0.25) is 0 Å². The van der Waals surface area contributed by atoms with E-state index in [1.165, 1.54) is 45.7 Å². The number of ether oxygens (including phenoxy) is 1. The maximum atomic E-state index is 7.15. The van der Waals surface area contributed by atoms with Crippen molar-refractivity contribution in [1.29, 1.82) is 0 Å². The first-order valence-corrected chi connectivity index (χ1v) is 16.0. The first-order chi connectivity index (χ1) is 19.1. The van der Waals surface area contributed by atoms with Crippen LogP contribution in [0.5, 0.6) is 0 Å². The molecule has 2 aliphatic carbocycles. The molecule has 0 aliphatic heterocycles. The van der Waals surface area contributed by atoms with Gasteiger partial charge in [0.2, 0.25) is 0 Å². The molecule has 0 amide bonds. The highest BCUT2D eigenvalue weighted by molar-refractivity contribution is 7.73. The van der Waals surface area contributed by atoms with Crippen molar-refractivity contribution in [3.05, 3.63) is 131 Å². The topological polar surface area (TPSA) is 9.23 Å². The van der Waals surface area contributed by atoms with Crippen LogP contribution in [0, 0.1) is 17.8 Å². The molecule has 0 radical (unpaired) electrons. The minimum atomic E-state index is -0.713. The zero-order chi connectivity index (χ0) is 26.8. The van der Waals surface area contributed by atoms with Gasteiger partial charge >= 0.3 is 0 Å². The van der Waals surface area contributed by atoms with Crippen LogP contribution in [0.1, 0.15) is 67.9 Å². The smallest absolute Gasteiger partial charge is 0.127 e. The van der Waals surface area contributed by atoms with Gasteiger partial charge in [0.05, 0.1) is 0 Å². The Morgan fingerprint density at radius 3 is 1.95 bits per heavy atom. The molecule has 4 aromatic carbocycles. The molecule has 2 heteroatoms. The second-order valence-electron chi connectivity index (χ2n) is 11.7. The number of hydrogen-bond donors (Lipinski definition) is 0. The van der Waals surface area contributed by atoms with Crippen molar-refractivity contribution in [2.45, 2.75) is 51.8 Å². The third-order valence-electron chi connectivity index (χ3n) is 8.66. The van der Waals surface area contributed by atoms with Gasteiger partial charge in [0, 0.05) is 11.2 Å². The van der Waals surface area contributed by atoms with Crippen LogP contribution in [0.25, 0.3) is 11.8 Å². The van der Waals surface area contributed by atoms with Crippen molar-refractivity contribution >= 4 is 30.4 Å². The normalized spacial score (nSPS) is 22.5. The quantitative estimate of drug-likeness (QED) is 0.226. The van der Waals surface area contributed by atoms with Crippen molar-refractivity contribution in [3.8, 4) is 0 Å². The second kappa shape index (κ2) is 11.5. The lowest BCUT2D eigenvalue weighted by molar-refractivity contribution is 0.0265. The molecule has 4 aromatic rings. The molecule has 39 heavy (non-hydrogen) atoms. The molecule has 1 saturated carbocycles. The molecule has 0 N–H and O–H groups in total. The molecule has 0 saturated heterocycles. The van der Waals surface area contributed by atoms with E-state index in [2.05, 4.69) is 136 Å². The average molecular weight is 531 g/mol. The van der Waals surface area contributed by atoms with Gasteiger partial charge in [-0.3, -0.25) is 0 Å². The first-order valence-electron chi connectivity index (χ1n) is 14.6. The molecule has 0 bridgehead atoms. The fourth-order valence-corrected chi connectivity index (χ4v) is 9.55. The number of benzene rings is 4. The lowest BCUT2D eigenvalue weighted by Gasteiger charge is -2.38. The van der Waals surface area contributed by atoms with Gasteiger partial charge in [0.25, 0.3) is 0 Å². The van der Waals surface area contributed by atoms with Crippen LogP contribution in [0.4, 0.5) is 0 Å². The summed E-state index contributed by atoms with van der Waals surface area (Å²) in [6.07, 6.45) is 6.29. The summed E-state index contributed by atoms with van der Waals surface area (Å²) in [5, 5.41) is 2.80. The van der Waals surface area contributed by atoms with Crippen LogP contribution in [0.15, 0.2) is 109 Å². The molecule has 1 fully saturated rings. The van der Waals surface area contributed by atoms with E-state index < -0.39 is 7.92 Å². The number of fused-ring (bicyclic) bond motifs is 2. The highest BCUT2D eigenvalue weighted by Gasteiger charge is 2.36. The van der Waals surface area contributed by atoms with Gasteiger partial charge < -0.3 is 4.74 Å². The van der Waals surface area contributed by atoms with E-state index in [4.69, 9.17) is 4.74 Å². The van der Waals surface area contributed by atoms with E-state index in [-0.39, 0.29) is 11.8 Å². The van der Waals surface area contributed by atoms with Crippen LogP contribution in [-0.4, -0.2) is 6.10 Å². The van der Waals surface area contributed by atoms with Gasteiger partial charge in [0.15, 0.2) is 0 Å². The van der Waals surface area contributed by atoms with E-state index in [0.717, 1.165) is 12.2 Å². The summed E-state index contributed by atoms with van der Waals surface area (Å²) >= 11 is 0. The summed E-state index contributed by atoms with van der Waals surface area (Å²) in [4.78, 5) is 0. The molecule has 2 aliphatic rings. The zero-order valence-corrected chi connectivity index (χ0v) is 24.2. The summed E-state index contributed by atoms with van der Waals surface area (Å²) in [6.45, 7) is 7.12. The summed E-state index contributed by atoms with van der Waals surface area (Å²) in [6, 6.07) is 40.3. The third kappa shape index (κ3) is 5.35. The van der Waals surface area contributed by atoms with Crippen molar-refractivity contribution in [1.82, 2.24) is 0 Å². The van der Waals surface area contributed by atoms with Gasteiger partial charge in [0.1, 0.15) is 11.9 Å². The third-order valence-corrected chi connectivity index (χ3v) is 11.4. The molecule has 4 atom stereocenters. The summed E-state index contributed by atoms with van der Waals surface area (Å²) in [7, 11) is -0.713. The lowest BCUT2D eigenvalue weighted by Crippen LogP contribution is -2.34. The molecule has 0 spiro atoms. The van der Waals surface area contributed by atoms with E-state index in [9.17, 15) is 0 Å². The molecule has 1 nitrogen and oxygen atoms in total. The van der Waals surface area contributed by atoms with Crippen molar-refractivity contribution < 1.29 is 4.74 Å². The summed E-state index contributed by atoms with van der Waals surface area (Å²) in [5.74, 6) is 2.96. The van der Waals surface area contributed by atoms with E-state index in [1.807, 2.05) is 0 Å². The van der Waals surface area contributed by atoms with Crippen molar-refractivity contribution in [2.24, 2.45) is 17.8 Å². The Bertz CT molecular complexity index is 1380. The number of hydrogen-bond acceptors (Lipinski definition) is 1. The highest BCUT2D eigenvalue weighted by atomic mass is 31.1. The molecule has 198 valence electrons. The van der Waals surface area contributed by atoms with E-state index in [1.54, 1.807) is 0 Å². The van der Waals surface area contributed by atoms with E-state index >= 15 is 0 Å². The Morgan fingerprint density at radius 2 is 1.28 bits per heavy atom. The maximum Gasteiger partial charge on any atom is 0.127 e. The average Bonchev–Trinajstić information content (AvgIpc) is 3.09. The molecular weight excluding hydrogens is 491 g/mol. The van der Waals surface area contributed by atoms with Gasteiger partial charge in [-0.15, -0.1) is 0 Å². The Balaban J connectivity index is 1.52. The van der Waals surface area contributed by atoms with E-state index in [0.29, 0.717) is 17.8 Å². The molecular formula is C37H39OP. The second-order valence-corrected chi connectivity index (χ2v) is 13.9. The van der Waals surface area contributed by atoms with Crippen molar-refractivity contribution in [3.63, 3.8) is 0 Å². The first kappa shape index (κ1) is 26.1. The minimum absolute atomic E-state index is 0.223. The predicted molar refractivity (Wildman–Crippen MR) is 168 cm³/mol. The van der Waals surface area contributed by atoms with Crippen molar-refractivity contribution in [2.75, 3.05) is 0 Å². The van der Waals surface area contributed by atoms with Crippen LogP contribution >= 0.6 is 7.92 Å². The Labute approximate surface area is 235 Å². The largest absolute Gasteiger partial charge is 0.489 e. The standard InChI is InChI=1S/C37H39OP/c1-26(2)31-23-22-27(3)24-35(31)38-36-25-28-14-10-11-19-32(28)37(34-21-13-12-20-33(34)36)39(29-15-6-4-7-16-29)30-17-8-5-9-18-30/h4-21,25-27,31,35,37H,22-24H2,1-3H3. The Hall–Kier alpha value is -3.15. The van der Waals surface area contributed by atoms with Crippen LogP contribution < -0.4 is 10.6 Å². The minimum Gasteiger partial charge on any atom is -0.489 e. The monoisotopic (exact) mass is 530 g/mol. The van der Waals surface area contributed by atoms with Crippen LogP contribution in [-0.2, 0) is 4.74 Å². The molecule has 0 aromatic heterocycles. The summed E-state index contributed by atoms with van der Waals surface area (Å²) < 4.78 is 7.15. The number of rotatable bonds is 6. The van der Waals surface area contributed by atoms with Gasteiger partial charge in [-0.25, -0.2) is 0 Å². The molecule has 6 rings (SSSR count). The van der Waals surface area contributed by atoms with Crippen LogP contribution in [0.3, 0.4) is 0 Å². The Kier molecular flexibility index (Phi) is 7.71. The lowest BCUT2D eigenvalue weighted by atomic mass is 9.75. The van der Waals surface area contributed by atoms with Gasteiger partial charge in [-0.05, 0) is 71.9 Å². The van der Waals surface area contributed by atoms with Gasteiger partial charge in [-0.1, -0.05) is 136 Å². The molecule has 4 unspecified atom stereocenters. The maximum absolute atomic E-state index is 7.15. The molecule has 0 heterocycles. The predicted octanol–water partition coefficient (Wildman–Crippen LogP) is 9.20. The fourth-order valence-electron chi connectivity index (χ4n) is 6.65. The summed E-state index contributed by atoms with van der Waals surface area (Å²) in [5.41, 5.74) is 5.51. The zero-order valence-electron chi connectivity index (χ0n) is 23.3. The highest BCUT2D eigenvalue weighted by Crippen LogP contribution is 2.57. The SMILES string of the molecule is CC1CCC(C(C)C)C(OC2=Cc3ccccc3C(P(c3ccccc3)c3ccccc3)c3ccccc32)C1. The van der Waals surface area contributed by atoms with Gasteiger partial charge in [-0.2, -0.15) is 0 Å². The fraction of sp³-hybridized carbons (Fsp3) is 0.297.